The van der Waals surface area contributed by atoms with Crippen molar-refractivity contribution in [3.8, 4) is 0 Å². The maximum Gasteiger partial charge on any atom is 0.0238 e. The highest BCUT2D eigenvalue weighted by molar-refractivity contribution is 9.10. The maximum atomic E-state index is 3.48. The van der Waals surface area contributed by atoms with E-state index in [4.69, 9.17) is 0 Å². The van der Waals surface area contributed by atoms with Crippen molar-refractivity contribution in [2.45, 2.75) is 24.9 Å². The van der Waals surface area contributed by atoms with Crippen LogP contribution in [0.4, 0.5) is 0 Å². The molecule has 3 fully saturated rings. The van der Waals surface area contributed by atoms with Crippen molar-refractivity contribution in [1.29, 1.82) is 0 Å². The molecule has 2 atom stereocenters. The van der Waals surface area contributed by atoms with Gasteiger partial charge in [-0.1, -0.05) is 28.1 Å². The maximum absolute atomic E-state index is 3.48. The zero-order valence-electron chi connectivity index (χ0n) is 10.3. The van der Waals surface area contributed by atoms with E-state index in [0.29, 0.717) is 0 Å². The lowest BCUT2D eigenvalue weighted by Crippen LogP contribution is -2.67. The lowest BCUT2D eigenvalue weighted by Gasteiger charge is -2.55. The summed E-state index contributed by atoms with van der Waals surface area (Å²) >= 11 is 3.48. The topological polar surface area (TPSA) is 6.48 Å². The average Bonchev–Trinajstić information content (AvgIpc) is 2.38. The fourth-order valence-electron chi connectivity index (χ4n) is 3.00. The third kappa shape index (κ3) is 2.42. The van der Waals surface area contributed by atoms with E-state index < -0.39 is 0 Å². The lowest BCUT2D eigenvalue weighted by atomic mass is 9.88. The number of piperazine rings is 1. The van der Waals surface area contributed by atoms with Gasteiger partial charge in [-0.3, -0.25) is 9.80 Å². The minimum absolute atomic E-state index is 0.832. The van der Waals surface area contributed by atoms with Crippen LogP contribution in [-0.4, -0.2) is 48.6 Å². The van der Waals surface area contributed by atoms with Crippen molar-refractivity contribution in [1.82, 2.24) is 9.80 Å². The quantitative estimate of drug-likeness (QED) is 0.845. The fraction of sp³-hybridized carbons (Fsp3) is 0.571. The third-order valence-electron chi connectivity index (χ3n) is 4.26. The van der Waals surface area contributed by atoms with Gasteiger partial charge in [-0.05, 0) is 37.6 Å². The molecule has 0 amide bonds. The molecule has 92 valence electrons. The Labute approximate surface area is 112 Å². The summed E-state index contributed by atoms with van der Waals surface area (Å²) in [5.74, 6) is 0. The Morgan fingerprint density at radius 1 is 1.18 bits per heavy atom. The van der Waals surface area contributed by atoms with E-state index in [9.17, 15) is 0 Å². The molecule has 17 heavy (non-hydrogen) atoms. The van der Waals surface area contributed by atoms with E-state index in [-0.39, 0.29) is 0 Å². The first-order valence-electron chi connectivity index (χ1n) is 6.41. The highest BCUT2D eigenvalue weighted by Crippen LogP contribution is 2.30. The Morgan fingerprint density at radius 2 is 1.82 bits per heavy atom. The molecular formula is C14H19BrN2. The van der Waals surface area contributed by atoms with Crippen LogP contribution in [0.1, 0.15) is 12.0 Å². The van der Waals surface area contributed by atoms with E-state index in [1.165, 1.54) is 42.5 Å². The Balaban J connectivity index is 1.50. The van der Waals surface area contributed by atoms with Crippen LogP contribution in [0, 0.1) is 0 Å². The zero-order chi connectivity index (χ0) is 11.8. The van der Waals surface area contributed by atoms with Gasteiger partial charge in [0.2, 0.25) is 0 Å². The van der Waals surface area contributed by atoms with Gasteiger partial charge in [-0.15, -0.1) is 0 Å². The first kappa shape index (κ1) is 11.7. The van der Waals surface area contributed by atoms with Crippen LogP contribution in [0.3, 0.4) is 0 Å². The summed E-state index contributed by atoms with van der Waals surface area (Å²) in [6.45, 7) is 3.75. The van der Waals surface area contributed by atoms with E-state index in [1.54, 1.807) is 0 Å². The summed E-state index contributed by atoms with van der Waals surface area (Å²) in [6, 6.07) is 10.4. The standard InChI is InChI=1S/C14H19BrN2/c1-16-13-8-14(16)10-17(9-13)7-6-11-2-4-12(15)5-3-11/h2-5,13-14H,6-10H2,1H3. The first-order valence-corrected chi connectivity index (χ1v) is 7.20. The van der Waals surface area contributed by atoms with E-state index in [1.807, 2.05) is 0 Å². The van der Waals surface area contributed by atoms with Gasteiger partial charge < -0.3 is 0 Å². The Morgan fingerprint density at radius 3 is 2.41 bits per heavy atom. The number of likely N-dealkylation sites (N-methyl/N-ethyl adjacent to an activating group) is 1. The number of nitrogens with zero attached hydrogens (tertiary/aromatic N) is 2. The van der Waals surface area contributed by atoms with E-state index in [2.05, 4.69) is 57.0 Å². The molecule has 2 nitrogen and oxygen atoms in total. The van der Waals surface area contributed by atoms with Crippen LogP contribution in [0.2, 0.25) is 0 Å². The predicted octanol–water partition coefficient (Wildman–Crippen LogP) is 2.38. The van der Waals surface area contributed by atoms with Crippen molar-refractivity contribution in [2.75, 3.05) is 26.7 Å². The smallest absolute Gasteiger partial charge is 0.0238 e. The predicted molar refractivity (Wildman–Crippen MR) is 74.2 cm³/mol. The number of rotatable bonds is 3. The van der Waals surface area contributed by atoms with Crippen LogP contribution in [0.15, 0.2) is 28.7 Å². The molecule has 1 aromatic carbocycles. The molecule has 3 heterocycles. The molecular weight excluding hydrogens is 276 g/mol. The molecule has 0 spiro atoms. The number of benzene rings is 1. The van der Waals surface area contributed by atoms with Crippen LogP contribution < -0.4 is 0 Å². The van der Waals surface area contributed by atoms with Gasteiger partial charge in [-0.25, -0.2) is 0 Å². The molecule has 1 aromatic rings. The van der Waals surface area contributed by atoms with Gasteiger partial charge >= 0.3 is 0 Å². The largest absolute Gasteiger partial charge is 0.300 e. The summed E-state index contributed by atoms with van der Waals surface area (Å²) in [4.78, 5) is 5.16. The number of hydrogen-bond acceptors (Lipinski definition) is 2. The lowest BCUT2D eigenvalue weighted by molar-refractivity contribution is -0.0497. The number of fused-ring (bicyclic) bond motifs is 2. The van der Waals surface area contributed by atoms with E-state index >= 15 is 0 Å². The third-order valence-corrected chi connectivity index (χ3v) is 4.79. The van der Waals surface area contributed by atoms with Crippen molar-refractivity contribution in [3.63, 3.8) is 0 Å². The summed E-state index contributed by atoms with van der Waals surface area (Å²) in [5.41, 5.74) is 1.45. The molecule has 2 unspecified atom stereocenters. The second-order valence-electron chi connectivity index (χ2n) is 5.34. The van der Waals surface area contributed by atoms with Crippen LogP contribution >= 0.6 is 15.9 Å². The van der Waals surface area contributed by atoms with Crippen molar-refractivity contribution >= 4 is 15.9 Å². The summed E-state index contributed by atoms with van der Waals surface area (Å²) in [6.07, 6.45) is 2.60. The molecule has 4 rings (SSSR count). The monoisotopic (exact) mass is 294 g/mol. The minimum Gasteiger partial charge on any atom is -0.300 e. The summed E-state index contributed by atoms with van der Waals surface area (Å²) in [7, 11) is 2.27. The van der Waals surface area contributed by atoms with Crippen molar-refractivity contribution < 1.29 is 0 Å². The number of hydrogen-bond donors (Lipinski definition) is 0. The minimum atomic E-state index is 0.832. The van der Waals surface area contributed by atoms with Gasteiger partial charge in [0.15, 0.2) is 0 Å². The molecule has 3 saturated heterocycles. The molecule has 2 bridgehead atoms. The number of piperidine rings is 1. The number of halogens is 1. The second kappa shape index (κ2) is 4.71. The molecule has 0 aliphatic carbocycles. The van der Waals surface area contributed by atoms with Gasteiger partial charge in [0.05, 0.1) is 0 Å². The molecule has 3 heteroatoms. The molecule has 3 aliphatic heterocycles. The van der Waals surface area contributed by atoms with Crippen LogP contribution in [0.5, 0.6) is 0 Å². The van der Waals surface area contributed by atoms with Gasteiger partial charge in [-0.2, -0.15) is 0 Å². The fourth-order valence-corrected chi connectivity index (χ4v) is 3.27. The Hall–Kier alpha value is -0.380. The summed E-state index contributed by atoms with van der Waals surface area (Å²) in [5, 5.41) is 0. The molecule has 0 saturated carbocycles. The van der Waals surface area contributed by atoms with Gasteiger partial charge in [0.25, 0.3) is 0 Å². The van der Waals surface area contributed by atoms with Crippen LogP contribution in [-0.2, 0) is 6.42 Å². The molecule has 0 N–H and O–H groups in total. The first-order chi connectivity index (χ1) is 8.22. The second-order valence-corrected chi connectivity index (χ2v) is 6.26. The average molecular weight is 295 g/mol. The van der Waals surface area contributed by atoms with E-state index in [0.717, 1.165) is 12.1 Å². The van der Waals surface area contributed by atoms with Gasteiger partial charge in [0.1, 0.15) is 0 Å². The molecule has 3 aliphatic rings. The molecule has 0 aromatic heterocycles. The zero-order valence-corrected chi connectivity index (χ0v) is 11.9. The Kier molecular flexibility index (Phi) is 3.24. The Bertz CT molecular complexity index is 378. The summed E-state index contributed by atoms with van der Waals surface area (Å²) < 4.78 is 1.17. The SMILES string of the molecule is CN1C2CC1CN(CCc1ccc(Br)cc1)C2. The highest BCUT2D eigenvalue weighted by Gasteiger charge is 2.41. The van der Waals surface area contributed by atoms with Crippen molar-refractivity contribution in [2.24, 2.45) is 0 Å². The van der Waals surface area contributed by atoms with Crippen molar-refractivity contribution in [3.05, 3.63) is 34.3 Å². The van der Waals surface area contributed by atoms with Crippen LogP contribution in [0.25, 0.3) is 0 Å². The molecule has 0 radical (unpaired) electrons. The normalized spacial score (nSPS) is 29.1. The highest BCUT2D eigenvalue weighted by atomic mass is 79.9. The van der Waals surface area contributed by atoms with Gasteiger partial charge in [0, 0.05) is 36.2 Å².